The molecule has 4 aromatic rings. The normalized spacial score (nSPS) is 11.9. The van der Waals surface area contributed by atoms with E-state index in [0.717, 1.165) is 48.4 Å². The average Bonchev–Trinajstić information content (AvgIpc) is 3.26. The molecule has 0 radical (unpaired) electrons. The molecule has 10 nitrogen and oxygen atoms in total. The fraction of sp³-hybridized carbons (Fsp3) is 0.458. The molecular weight excluding hydrogens is 1110 g/mol. The molecule has 2 heterocycles. The van der Waals surface area contributed by atoms with E-state index in [0.29, 0.717) is 46.6 Å². The third-order valence-electron chi connectivity index (χ3n) is 10.9. The van der Waals surface area contributed by atoms with Crippen molar-refractivity contribution in [2.75, 3.05) is 82.4 Å². The number of nitrogens with zero attached hydrogens (tertiary/aromatic N) is 2. The van der Waals surface area contributed by atoms with E-state index in [2.05, 4.69) is 110 Å². The maximum absolute atomic E-state index is 5.55. The van der Waals surface area contributed by atoms with Crippen LogP contribution in [0.2, 0.25) is 0 Å². The quantitative estimate of drug-likeness (QED) is 0.0349. The maximum Gasteiger partial charge on any atom is 0.205 e. The first-order valence-electron chi connectivity index (χ1n) is 20.9. The summed E-state index contributed by atoms with van der Waals surface area (Å²) in [5.41, 5.74) is 4.30. The predicted molar refractivity (Wildman–Crippen MR) is 249 cm³/mol. The van der Waals surface area contributed by atoms with Crippen LogP contribution in [-0.4, -0.2) is 94.4 Å². The average molecular weight is 1180 g/mol. The number of nitrogens with one attached hydrogen (secondary N) is 2. The molecule has 0 amide bonds. The van der Waals surface area contributed by atoms with Gasteiger partial charge in [0.2, 0.25) is 22.9 Å². The number of methoxy groups -OCH3 is 6. The van der Waals surface area contributed by atoms with Crippen molar-refractivity contribution < 1.29 is 115 Å². The van der Waals surface area contributed by atoms with Crippen LogP contribution in [0.5, 0.6) is 34.5 Å². The Balaban J connectivity index is 0.00000992. The Morgan fingerprint density at radius 2 is 0.828 bits per heavy atom. The number of hydrogen-bond donors (Lipinski definition) is 2. The number of aromatic nitrogens is 2. The molecule has 2 atom stereocenters. The molecule has 0 aliphatic rings. The fourth-order valence-electron chi connectivity index (χ4n) is 7.41. The minimum atomic E-state index is 0. The SMILES string of the molecule is COc1cc(/C=C/c2cccc[n+]2CCCC(CCSSCCC(CCC[n+]2ccccc2/C=C/c2cc(OC)c(OC)c(OC)c2)[NH+](C)C)[NH+](C)C)cc(OC)c1OC.[Br-].[Br-].[Br-].[Br-]. The van der Waals surface area contributed by atoms with Gasteiger partial charge in [0.25, 0.3) is 0 Å². The number of quaternary nitrogens is 2. The molecule has 0 aliphatic carbocycles. The number of hydrogen-bond acceptors (Lipinski definition) is 8. The summed E-state index contributed by atoms with van der Waals surface area (Å²) in [7, 11) is 23.1. The van der Waals surface area contributed by atoms with Crippen LogP contribution in [0.15, 0.2) is 73.1 Å². The maximum atomic E-state index is 5.55. The van der Waals surface area contributed by atoms with Gasteiger partial charge in [0.15, 0.2) is 35.4 Å². The van der Waals surface area contributed by atoms with Crippen molar-refractivity contribution in [1.29, 1.82) is 0 Å². The van der Waals surface area contributed by atoms with Crippen molar-refractivity contribution in [2.45, 2.75) is 63.7 Å². The predicted octanol–water partition coefficient (Wildman–Crippen LogP) is -5.88. The Bertz CT molecular complexity index is 1790. The molecular formula is C48H70Br4N4O6S2. The smallest absolute Gasteiger partial charge is 0.205 e. The Labute approximate surface area is 433 Å². The molecule has 0 aliphatic heterocycles. The second kappa shape index (κ2) is 33.9. The molecule has 2 unspecified atom stereocenters. The van der Waals surface area contributed by atoms with E-state index in [-0.39, 0.29) is 67.9 Å². The van der Waals surface area contributed by atoms with Gasteiger partial charge in [0.05, 0.1) is 82.9 Å². The lowest BCUT2D eigenvalue weighted by Gasteiger charge is -2.21. The first-order chi connectivity index (χ1) is 29.1. The standard InChI is InChI=1S/C48H68N4O6S2.4BrH/c1-49(2)39(19-15-29-51-27-13-11-17-41(51)23-21-37-33-43(53-5)47(57-9)44(34-37)54-6)25-31-59-60-32-26-40(50(3)4)20-16-30-52-28-14-12-18-42(52)24-22-38-35-45(55-7)48(58-10)46(36-38)56-8;;;;/h11-14,17-18,21-24,27-28,33-36,39-40H,15-16,19-20,25-26,29-32H2,1-10H3;4*1H/q+2;;;;/p-2/b23-21+,24-22+;;;;. The summed E-state index contributed by atoms with van der Waals surface area (Å²) in [4.78, 5) is 3.07. The van der Waals surface area contributed by atoms with Gasteiger partial charge < -0.3 is 106 Å². The molecule has 64 heavy (non-hydrogen) atoms. The highest BCUT2D eigenvalue weighted by Gasteiger charge is 2.20. The first kappa shape index (κ1) is 61.6. The van der Waals surface area contributed by atoms with Crippen molar-refractivity contribution in [3.63, 3.8) is 0 Å². The van der Waals surface area contributed by atoms with Gasteiger partial charge in [-0.1, -0.05) is 21.6 Å². The summed E-state index contributed by atoms with van der Waals surface area (Å²) in [6, 6.07) is 21.9. The Hall–Kier alpha value is -2.44. The number of halogens is 4. The van der Waals surface area contributed by atoms with E-state index in [4.69, 9.17) is 28.4 Å². The van der Waals surface area contributed by atoms with E-state index in [1.807, 2.05) is 45.9 Å². The molecule has 2 aromatic carbocycles. The van der Waals surface area contributed by atoms with Crippen LogP contribution in [0, 0.1) is 0 Å². The summed E-state index contributed by atoms with van der Waals surface area (Å²) >= 11 is 0. The van der Waals surface area contributed by atoms with Gasteiger partial charge in [-0.25, -0.2) is 0 Å². The van der Waals surface area contributed by atoms with Gasteiger partial charge in [-0.15, -0.1) is 0 Å². The molecule has 2 aromatic heterocycles. The zero-order valence-corrected chi connectivity index (χ0v) is 47.1. The van der Waals surface area contributed by atoms with Gasteiger partial charge >= 0.3 is 0 Å². The number of benzene rings is 2. The van der Waals surface area contributed by atoms with Gasteiger partial charge in [-0.3, -0.25) is 0 Å². The van der Waals surface area contributed by atoms with Gasteiger partial charge in [0, 0.05) is 86.4 Å². The Kier molecular flexibility index (Phi) is 32.6. The first-order valence-corrected chi connectivity index (χ1v) is 23.4. The van der Waals surface area contributed by atoms with E-state index < -0.39 is 0 Å². The summed E-state index contributed by atoms with van der Waals surface area (Å²) in [5, 5.41) is 0. The molecule has 0 saturated carbocycles. The lowest BCUT2D eigenvalue weighted by atomic mass is 10.1. The topological polar surface area (TPSA) is 72.0 Å². The zero-order valence-electron chi connectivity index (χ0n) is 39.1. The van der Waals surface area contributed by atoms with Crippen molar-refractivity contribution in [2.24, 2.45) is 0 Å². The highest BCUT2D eigenvalue weighted by molar-refractivity contribution is 8.76. The van der Waals surface area contributed by atoms with Gasteiger partial charge in [0.1, 0.15) is 13.1 Å². The van der Waals surface area contributed by atoms with E-state index in [1.54, 1.807) is 42.7 Å². The number of aryl methyl sites for hydroxylation is 2. The van der Waals surface area contributed by atoms with Crippen LogP contribution in [0.25, 0.3) is 24.3 Å². The molecule has 4 rings (SSSR count). The lowest BCUT2D eigenvalue weighted by Crippen LogP contribution is -3.10. The Morgan fingerprint density at radius 1 is 0.484 bits per heavy atom. The van der Waals surface area contributed by atoms with Crippen molar-refractivity contribution in [1.82, 2.24) is 0 Å². The van der Waals surface area contributed by atoms with Crippen LogP contribution in [0.4, 0.5) is 0 Å². The molecule has 2 N–H and O–H groups in total. The van der Waals surface area contributed by atoms with Crippen molar-refractivity contribution in [3.8, 4) is 34.5 Å². The van der Waals surface area contributed by atoms with Gasteiger partial charge in [-0.05, 0) is 59.7 Å². The monoisotopic (exact) mass is 1180 g/mol. The highest BCUT2D eigenvalue weighted by atomic mass is 79.9. The van der Waals surface area contributed by atoms with Crippen LogP contribution < -0.4 is 115 Å². The summed E-state index contributed by atoms with van der Waals surface area (Å²) < 4.78 is 37.9. The van der Waals surface area contributed by atoms with E-state index >= 15 is 0 Å². The minimum absolute atomic E-state index is 0. The largest absolute Gasteiger partial charge is 1.00 e. The third-order valence-corrected chi connectivity index (χ3v) is 13.4. The Morgan fingerprint density at radius 3 is 1.12 bits per heavy atom. The van der Waals surface area contributed by atoms with Crippen molar-refractivity contribution in [3.05, 3.63) is 95.6 Å². The zero-order chi connectivity index (χ0) is 43.3. The lowest BCUT2D eigenvalue weighted by molar-refractivity contribution is -0.886. The molecule has 0 bridgehead atoms. The highest BCUT2D eigenvalue weighted by Crippen LogP contribution is 2.39. The van der Waals surface area contributed by atoms with Crippen LogP contribution in [0.1, 0.15) is 61.0 Å². The van der Waals surface area contributed by atoms with Crippen molar-refractivity contribution >= 4 is 45.9 Å². The molecule has 16 heteroatoms. The number of rotatable bonds is 27. The number of ether oxygens (including phenoxy) is 6. The van der Waals surface area contributed by atoms with E-state index in [9.17, 15) is 0 Å². The summed E-state index contributed by atoms with van der Waals surface area (Å²) in [6.07, 6.45) is 20.0. The second-order valence-electron chi connectivity index (χ2n) is 15.3. The minimum Gasteiger partial charge on any atom is -1.00 e. The molecule has 0 fully saturated rings. The van der Waals surface area contributed by atoms with Crippen LogP contribution in [0.3, 0.4) is 0 Å². The van der Waals surface area contributed by atoms with E-state index in [1.165, 1.54) is 47.0 Å². The summed E-state index contributed by atoms with van der Waals surface area (Å²) in [5.74, 6) is 6.14. The van der Waals surface area contributed by atoms with Crippen LogP contribution >= 0.6 is 21.6 Å². The third kappa shape index (κ3) is 19.4. The number of pyridine rings is 2. The fourth-order valence-corrected chi connectivity index (χ4v) is 9.69. The van der Waals surface area contributed by atoms with Gasteiger partial charge in [-0.2, -0.15) is 9.13 Å². The molecule has 0 saturated heterocycles. The molecule has 358 valence electrons. The second-order valence-corrected chi connectivity index (χ2v) is 18.0. The van der Waals surface area contributed by atoms with Crippen LogP contribution in [-0.2, 0) is 13.1 Å². The summed E-state index contributed by atoms with van der Waals surface area (Å²) in [6.45, 7) is 1.96. The molecule has 0 spiro atoms.